The third kappa shape index (κ3) is 1.93. The molecule has 0 aliphatic heterocycles. The van der Waals surface area contributed by atoms with Gasteiger partial charge < -0.3 is 4.74 Å². The predicted molar refractivity (Wildman–Crippen MR) is 61.6 cm³/mol. The van der Waals surface area contributed by atoms with Crippen molar-refractivity contribution in [2.45, 2.75) is 0 Å². The third-order valence-electron chi connectivity index (χ3n) is 2.33. The molecule has 1 aromatic carbocycles. The normalized spacial score (nSPS) is 9.81. The van der Waals surface area contributed by atoms with Crippen LogP contribution in [-0.2, 0) is 0 Å². The number of carbonyl (C=O) groups is 1. The lowest BCUT2D eigenvalue weighted by Gasteiger charge is -2.05. The van der Waals surface area contributed by atoms with Crippen LogP contribution in [0.15, 0.2) is 42.6 Å². The summed E-state index contributed by atoms with van der Waals surface area (Å²) in [7, 11) is 1.61. The van der Waals surface area contributed by atoms with Crippen LogP contribution in [0, 0.1) is 0 Å². The highest BCUT2D eigenvalue weighted by Crippen LogP contribution is 2.24. The molecule has 0 saturated heterocycles. The Bertz CT molecular complexity index is 509. The number of hydrogen-bond acceptors (Lipinski definition) is 3. The first kappa shape index (κ1) is 10.4. The Hall–Kier alpha value is -2.16. The summed E-state index contributed by atoms with van der Waals surface area (Å²) in [6, 6.07) is 11.2. The number of aldehydes is 1. The van der Waals surface area contributed by atoms with Crippen LogP contribution in [0.5, 0.6) is 5.75 Å². The summed E-state index contributed by atoms with van der Waals surface area (Å²) in [5, 5.41) is 0. The molecule has 16 heavy (non-hydrogen) atoms. The second-order valence-electron chi connectivity index (χ2n) is 3.29. The number of ether oxygens (including phenoxy) is 1. The molecule has 0 unspecified atom stereocenters. The highest BCUT2D eigenvalue weighted by atomic mass is 16.5. The van der Waals surface area contributed by atoms with E-state index in [9.17, 15) is 4.79 Å². The van der Waals surface area contributed by atoms with Crippen molar-refractivity contribution < 1.29 is 9.53 Å². The van der Waals surface area contributed by atoms with E-state index in [1.807, 2.05) is 36.4 Å². The molecule has 0 amide bonds. The van der Waals surface area contributed by atoms with E-state index >= 15 is 0 Å². The molecule has 0 saturated carbocycles. The molecule has 0 radical (unpaired) electrons. The van der Waals surface area contributed by atoms with Crippen LogP contribution in [0.25, 0.3) is 11.1 Å². The van der Waals surface area contributed by atoms with Gasteiger partial charge in [0, 0.05) is 11.8 Å². The van der Waals surface area contributed by atoms with Crippen molar-refractivity contribution in [3.63, 3.8) is 0 Å². The summed E-state index contributed by atoms with van der Waals surface area (Å²) in [5.74, 6) is 0.762. The first-order chi connectivity index (χ1) is 7.85. The van der Waals surface area contributed by atoms with Crippen LogP contribution in [0.2, 0.25) is 0 Å². The minimum atomic E-state index is 0.441. The fourth-order valence-electron chi connectivity index (χ4n) is 1.55. The molecule has 0 fully saturated rings. The molecule has 0 bridgehead atoms. The fraction of sp³-hybridized carbons (Fsp3) is 0.0769. The summed E-state index contributed by atoms with van der Waals surface area (Å²) in [5.41, 5.74) is 2.18. The Kier molecular flexibility index (Phi) is 2.96. The number of nitrogens with zero attached hydrogens (tertiary/aromatic N) is 1. The van der Waals surface area contributed by atoms with Gasteiger partial charge in [0.2, 0.25) is 0 Å². The van der Waals surface area contributed by atoms with Crippen molar-refractivity contribution in [1.82, 2.24) is 4.98 Å². The number of pyridine rings is 1. The van der Waals surface area contributed by atoms with E-state index in [2.05, 4.69) is 4.98 Å². The zero-order valence-electron chi connectivity index (χ0n) is 8.88. The highest BCUT2D eigenvalue weighted by Gasteiger charge is 2.05. The minimum absolute atomic E-state index is 0.441. The number of aromatic nitrogens is 1. The SMILES string of the molecule is COc1cccc(-c2cccnc2C=O)c1. The Morgan fingerprint density at radius 3 is 2.88 bits per heavy atom. The van der Waals surface area contributed by atoms with E-state index in [1.165, 1.54) is 0 Å². The van der Waals surface area contributed by atoms with Crippen LogP contribution < -0.4 is 4.74 Å². The second kappa shape index (κ2) is 4.57. The van der Waals surface area contributed by atoms with Gasteiger partial charge in [-0.1, -0.05) is 18.2 Å². The lowest BCUT2D eigenvalue weighted by atomic mass is 10.0. The Balaban J connectivity index is 2.53. The van der Waals surface area contributed by atoms with E-state index in [-0.39, 0.29) is 0 Å². The maximum Gasteiger partial charge on any atom is 0.169 e. The summed E-state index contributed by atoms with van der Waals surface area (Å²) < 4.78 is 5.14. The molecule has 2 aromatic rings. The van der Waals surface area contributed by atoms with Crippen LogP contribution in [0.4, 0.5) is 0 Å². The van der Waals surface area contributed by atoms with Crippen molar-refractivity contribution in [2.75, 3.05) is 7.11 Å². The van der Waals surface area contributed by atoms with Gasteiger partial charge in [-0.15, -0.1) is 0 Å². The first-order valence-electron chi connectivity index (χ1n) is 4.90. The number of hydrogen-bond donors (Lipinski definition) is 0. The lowest BCUT2D eigenvalue weighted by Crippen LogP contribution is -1.91. The summed E-state index contributed by atoms with van der Waals surface area (Å²) in [4.78, 5) is 14.9. The van der Waals surface area contributed by atoms with Crippen molar-refractivity contribution in [3.05, 3.63) is 48.3 Å². The zero-order valence-corrected chi connectivity index (χ0v) is 8.88. The monoisotopic (exact) mass is 213 g/mol. The fourth-order valence-corrected chi connectivity index (χ4v) is 1.55. The molecular formula is C13H11NO2. The van der Waals surface area contributed by atoms with Gasteiger partial charge in [0.05, 0.1) is 7.11 Å². The standard InChI is InChI=1S/C13H11NO2/c1-16-11-5-2-4-10(8-11)12-6-3-7-14-13(12)9-15/h2-9H,1H3. The maximum absolute atomic E-state index is 10.9. The summed E-state index contributed by atoms with van der Waals surface area (Å²) in [6.07, 6.45) is 2.36. The van der Waals surface area contributed by atoms with Gasteiger partial charge in [-0.3, -0.25) is 9.78 Å². The number of benzene rings is 1. The highest BCUT2D eigenvalue weighted by molar-refractivity contribution is 5.85. The molecule has 80 valence electrons. The minimum Gasteiger partial charge on any atom is -0.497 e. The Morgan fingerprint density at radius 2 is 2.12 bits per heavy atom. The van der Waals surface area contributed by atoms with Crippen molar-refractivity contribution in [2.24, 2.45) is 0 Å². The molecular weight excluding hydrogens is 202 g/mol. The summed E-state index contributed by atoms with van der Waals surface area (Å²) in [6.45, 7) is 0. The first-order valence-corrected chi connectivity index (χ1v) is 4.90. The van der Waals surface area contributed by atoms with Crippen LogP contribution >= 0.6 is 0 Å². The van der Waals surface area contributed by atoms with E-state index in [0.717, 1.165) is 23.2 Å². The Labute approximate surface area is 93.7 Å². The van der Waals surface area contributed by atoms with Crippen molar-refractivity contribution in [1.29, 1.82) is 0 Å². The molecule has 0 spiro atoms. The van der Waals surface area contributed by atoms with Gasteiger partial charge in [0.25, 0.3) is 0 Å². The van der Waals surface area contributed by atoms with E-state index in [1.54, 1.807) is 13.3 Å². The van der Waals surface area contributed by atoms with Crippen LogP contribution in [0.1, 0.15) is 10.5 Å². The number of rotatable bonds is 3. The Morgan fingerprint density at radius 1 is 1.25 bits per heavy atom. The molecule has 1 aromatic heterocycles. The van der Waals surface area contributed by atoms with Gasteiger partial charge in [0.1, 0.15) is 11.4 Å². The third-order valence-corrected chi connectivity index (χ3v) is 2.33. The molecule has 3 heteroatoms. The smallest absolute Gasteiger partial charge is 0.169 e. The topological polar surface area (TPSA) is 39.2 Å². The van der Waals surface area contributed by atoms with Gasteiger partial charge in [-0.25, -0.2) is 0 Å². The molecule has 0 aliphatic carbocycles. The molecule has 0 N–H and O–H groups in total. The van der Waals surface area contributed by atoms with Crippen molar-refractivity contribution in [3.8, 4) is 16.9 Å². The molecule has 2 rings (SSSR count). The molecule has 0 atom stereocenters. The number of methoxy groups -OCH3 is 1. The molecule has 0 aliphatic rings. The van der Waals surface area contributed by atoms with E-state index < -0.39 is 0 Å². The van der Waals surface area contributed by atoms with Crippen LogP contribution in [0.3, 0.4) is 0 Å². The van der Waals surface area contributed by atoms with Gasteiger partial charge in [-0.2, -0.15) is 0 Å². The van der Waals surface area contributed by atoms with Gasteiger partial charge >= 0.3 is 0 Å². The quantitative estimate of drug-likeness (QED) is 0.735. The average Bonchev–Trinajstić information content (AvgIpc) is 2.38. The van der Waals surface area contributed by atoms with Gasteiger partial charge in [-0.05, 0) is 23.8 Å². The van der Waals surface area contributed by atoms with Crippen LogP contribution in [-0.4, -0.2) is 18.4 Å². The van der Waals surface area contributed by atoms with E-state index in [4.69, 9.17) is 4.74 Å². The summed E-state index contributed by atoms with van der Waals surface area (Å²) >= 11 is 0. The molecule has 1 heterocycles. The second-order valence-corrected chi connectivity index (χ2v) is 3.29. The van der Waals surface area contributed by atoms with Gasteiger partial charge in [0.15, 0.2) is 6.29 Å². The predicted octanol–water partition coefficient (Wildman–Crippen LogP) is 2.57. The maximum atomic E-state index is 10.9. The van der Waals surface area contributed by atoms with Crippen molar-refractivity contribution >= 4 is 6.29 Å². The largest absolute Gasteiger partial charge is 0.497 e. The molecule has 3 nitrogen and oxygen atoms in total. The lowest BCUT2D eigenvalue weighted by molar-refractivity contribution is 0.111. The van der Waals surface area contributed by atoms with E-state index in [0.29, 0.717) is 5.69 Å². The average molecular weight is 213 g/mol. The zero-order chi connectivity index (χ0) is 11.4. The number of carbonyl (C=O) groups excluding carboxylic acids is 1.